The van der Waals surface area contributed by atoms with E-state index in [0.29, 0.717) is 6.54 Å². The van der Waals surface area contributed by atoms with Gasteiger partial charge in [-0.25, -0.2) is 4.79 Å². The van der Waals surface area contributed by atoms with Gasteiger partial charge >= 0.3 is 6.03 Å². The van der Waals surface area contributed by atoms with Gasteiger partial charge in [-0.15, -0.1) is 0 Å². The maximum atomic E-state index is 11.3. The van der Waals surface area contributed by atoms with Crippen LogP contribution in [0.4, 0.5) is 4.79 Å². The van der Waals surface area contributed by atoms with Gasteiger partial charge in [-0.2, -0.15) is 0 Å². The van der Waals surface area contributed by atoms with E-state index in [0.717, 1.165) is 32.0 Å². The minimum absolute atomic E-state index is 0.0726. The summed E-state index contributed by atoms with van der Waals surface area (Å²) in [7, 11) is 0. The first-order chi connectivity index (χ1) is 7.72. The summed E-state index contributed by atoms with van der Waals surface area (Å²) in [4.78, 5) is 11.3. The maximum absolute atomic E-state index is 11.3. The number of hydrogen-bond acceptors (Lipinski definition) is 2. The maximum Gasteiger partial charge on any atom is 0.314 e. The van der Waals surface area contributed by atoms with Crippen molar-refractivity contribution in [2.24, 2.45) is 5.92 Å². The number of carbonyl (C=O) groups excluding carboxylic acids is 1. The topological polar surface area (TPSA) is 50.4 Å². The predicted octanol–water partition coefficient (Wildman–Crippen LogP) is 1.90. The van der Waals surface area contributed by atoms with Crippen molar-refractivity contribution in [3.05, 3.63) is 0 Å². The molecule has 1 unspecified atom stereocenters. The van der Waals surface area contributed by atoms with Crippen LogP contribution >= 0.6 is 0 Å². The molecule has 0 aromatic carbocycles. The molecule has 4 heteroatoms. The summed E-state index contributed by atoms with van der Waals surface area (Å²) in [6.45, 7) is 6.39. The zero-order valence-electron chi connectivity index (χ0n) is 10.4. The van der Waals surface area contributed by atoms with Crippen LogP contribution in [0.3, 0.4) is 0 Å². The summed E-state index contributed by atoms with van der Waals surface area (Å²) in [5, 5.41) is 5.68. The van der Waals surface area contributed by atoms with E-state index in [1.165, 1.54) is 12.8 Å². The van der Waals surface area contributed by atoms with Crippen LogP contribution < -0.4 is 10.6 Å². The van der Waals surface area contributed by atoms with E-state index in [2.05, 4.69) is 17.6 Å². The third-order valence-electron chi connectivity index (χ3n) is 2.79. The molecule has 1 aliphatic rings. The van der Waals surface area contributed by atoms with Crippen LogP contribution in [-0.2, 0) is 4.74 Å². The van der Waals surface area contributed by atoms with Crippen molar-refractivity contribution in [1.29, 1.82) is 0 Å². The SMILES string of the molecule is CCC(C)NC(=O)NCCCOCC1CC1. The quantitative estimate of drug-likeness (QED) is 0.623. The first-order valence-electron chi connectivity index (χ1n) is 6.34. The van der Waals surface area contributed by atoms with Crippen molar-refractivity contribution in [3.63, 3.8) is 0 Å². The van der Waals surface area contributed by atoms with E-state index < -0.39 is 0 Å². The van der Waals surface area contributed by atoms with Gasteiger partial charge in [-0.05, 0) is 38.5 Å². The third-order valence-corrected chi connectivity index (χ3v) is 2.79. The number of amides is 2. The van der Waals surface area contributed by atoms with Gasteiger partial charge < -0.3 is 15.4 Å². The van der Waals surface area contributed by atoms with Crippen molar-refractivity contribution in [1.82, 2.24) is 10.6 Å². The molecule has 2 amide bonds. The van der Waals surface area contributed by atoms with Gasteiger partial charge in [0, 0.05) is 25.8 Å². The van der Waals surface area contributed by atoms with Crippen LogP contribution in [0.5, 0.6) is 0 Å². The minimum atomic E-state index is -0.0726. The summed E-state index contributed by atoms with van der Waals surface area (Å²) < 4.78 is 5.47. The summed E-state index contributed by atoms with van der Waals surface area (Å²) in [6, 6.07) is 0.169. The van der Waals surface area contributed by atoms with Gasteiger partial charge in [-0.1, -0.05) is 6.92 Å². The summed E-state index contributed by atoms with van der Waals surface area (Å²) in [5.41, 5.74) is 0. The van der Waals surface area contributed by atoms with Gasteiger partial charge in [0.25, 0.3) is 0 Å². The van der Waals surface area contributed by atoms with E-state index in [4.69, 9.17) is 4.74 Å². The molecule has 2 N–H and O–H groups in total. The van der Waals surface area contributed by atoms with Crippen LogP contribution in [0, 0.1) is 5.92 Å². The van der Waals surface area contributed by atoms with Crippen LogP contribution in [-0.4, -0.2) is 31.8 Å². The molecule has 0 bridgehead atoms. The van der Waals surface area contributed by atoms with E-state index >= 15 is 0 Å². The van der Waals surface area contributed by atoms with Gasteiger partial charge in [-0.3, -0.25) is 0 Å². The van der Waals surface area contributed by atoms with Gasteiger partial charge in [0.1, 0.15) is 0 Å². The smallest absolute Gasteiger partial charge is 0.314 e. The van der Waals surface area contributed by atoms with Crippen LogP contribution in [0.1, 0.15) is 39.5 Å². The number of nitrogens with one attached hydrogen (secondary N) is 2. The molecule has 0 heterocycles. The highest BCUT2D eigenvalue weighted by Crippen LogP contribution is 2.28. The van der Waals surface area contributed by atoms with Crippen molar-refractivity contribution in [2.45, 2.75) is 45.6 Å². The fourth-order valence-corrected chi connectivity index (χ4v) is 1.29. The second kappa shape index (κ2) is 7.49. The molecule has 0 aromatic heterocycles. The van der Waals surface area contributed by atoms with Crippen molar-refractivity contribution in [3.8, 4) is 0 Å². The number of ether oxygens (including phenoxy) is 1. The average molecular weight is 228 g/mol. The third kappa shape index (κ3) is 6.67. The minimum Gasteiger partial charge on any atom is -0.381 e. The first kappa shape index (κ1) is 13.3. The van der Waals surface area contributed by atoms with E-state index in [9.17, 15) is 4.79 Å². The lowest BCUT2D eigenvalue weighted by molar-refractivity contribution is 0.122. The number of hydrogen-bond donors (Lipinski definition) is 2. The molecule has 0 spiro atoms. The Morgan fingerprint density at radius 1 is 1.50 bits per heavy atom. The largest absolute Gasteiger partial charge is 0.381 e. The summed E-state index contributed by atoms with van der Waals surface area (Å²) >= 11 is 0. The zero-order chi connectivity index (χ0) is 11.8. The predicted molar refractivity (Wildman–Crippen MR) is 64.4 cm³/mol. The zero-order valence-corrected chi connectivity index (χ0v) is 10.4. The van der Waals surface area contributed by atoms with Crippen LogP contribution in [0.15, 0.2) is 0 Å². The Morgan fingerprint density at radius 2 is 2.25 bits per heavy atom. The van der Waals surface area contributed by atoms with Crippen LogP contribution in [0.25, 0.3) is 0 Å². The molecule has 94 valence electrons. The molecule has 1 atom stereocenters. The fraction of sp³-hybridized carbons (Fsp3) is 0.917. The molecule has 0 aliphatic heterocycles. The number of urea groups is 1. The second-order valence-electron chi connectivity index (χ2n) is 4.58. The number of carbonyl (C=O) groups is 1. The first-order valence-corrected chi connectivity index (χ1v) is 6.34. The molecule has 1 rings (SSSR count). The lowest BCUT2D eigenvalue weighted by Crippen LogP contribution is -2.41. The molecule has 1 saturated carbocycles. The lowest BCUT2D eigenvalue weighted by atomic mass is 10.3. The van der Waals surface area contributed by atoms with Crippen molar-refractivity contribution >= 4 is 6.03 Å². The van der Waals surface area contributed by atoms with Gasteiger partial charge in [0.15, 0.2) is 0 Å². The number of rotatable bonds is 8. The normalized spacial score (nSPS) is 16.9. The molecule has 1 fully saturated rings. The molecule has 16 heavy (non-hydrogen) atoms. The van der Waals surface area contributed by atoms with E-state index in [-0.39, 0.29) is 12.1 Å². The Kier molecular flexibility index (Phi) is 6.23. The Balaban J connectivity index is 1.83. The Morgan fingerprint density at radius 3 is 2.88 bits per heavy atom. The Labute approximate surface area is 98.1 Å². The molecule has 1 aliphatic carbocycles. The van der Waals surface area contributed by atoms with Gasteiger partial charge in [0.05, 0.1) is 0 Å². The molecule has 0 saturated heterocycles. The second-order valence-corrected chi connectivity index (χ2v) is 4.58. The standard InChI is InChI=1S/C12H24N2O2/c1-3-10(2)14-12(15)13-7-4-8-16-9-11-5-6-11/h10-11H,3-9H2,1-2H3,(H2,13,14,15). The highest BCUT2D eigenvalue weighted by Gasteiger charge is 2.20. The molecule has 4 nitrogen and oxygen atoms in total. The fourth-order valence-electron chi connectivity index (χ4n) is 1.29. The van der Waals surface area contributed by atoms with Gasteiger partial charge in [0.2, 0.25) is 0 Å². The Bertz CT molecular complexity index is 205. The molecule has 0 radical (unpaired) electrons. The van der Waals surface area contributed by atoms with Crippen molar-refractivity contribution in [2.75, 3.05) is 19.8 Å². The highest BCUT2D eigenvalue weighted by atomic mass is 16.5. The summed E-state index contributed by atoms with van der Waals surface area (Å²) in [6.07, 6.45) is 4.50. The monoisotopic (exact) mass is 228 g/mol. The van der Waals surface area contributed by atoms with Crippen molar-refractivity contribution < 1.29 is 9.53 Å². The molecule has 0 aromatic rings. The van der Waals surface area contributed by atoms with Crippen LogP contribution in [0.2, 0.25) is 0 Å². The lowest BCUT2D eigenvalue weighted by Gasteiger charge is -2.12. The molecular weight excluding hydrogens is 204 g/mol. The van der Waals surface area contributed by atoms with E-state index in [1.807, 2.05) is 6.92 Å². The summed E-state index contributed by atoms with van der Waals surface area (Å²) in [5.74, 6) is 0.821. The average Bonchev–Trinajstić information content (AvgIpc) is 3.06. The molecular formula is C12H24N2O2. The Hall–Kier alpha value is -0.770. The van der Waals surface area contributed by atoms with E-state index in [1.54, 1.807) is 0 Å². The highest BCUT2D eigenvalue weighted by molar-refractivity contribution is 5.74.